The van der Waals surface area contributed by atoms with E-state index in [2.05, 4.69) is 10.6 Å². The highest BCUT2D eigenvalue weighted by Gasteiger charge is 2.20. The molecule has 0 aromatic heterocycles. The van der Waals surface area contributed by atoms with E-state index in [1.54, 1.807) is 25.1 Å². The van der Waals surface area contributed by atoms with Crippen LogP contribution in [0.5, 0.6) is 0 Å². The molecule has 6 heteroatoms. The summed E-state index contributed by atoms with van der Waals surface area (Å²) in [4.78, 5) is 24.4. The first-order chi connectivity index (χ1) is 11.8. The van der Waals surface area contributed by atoms with Crippen molar-refractivity contribution in [1.29, 1.82) is 0 Å². The van der Waals surface area contributed by atoms with Gasteiger partial charge in [-0.25, -0.2) is 8.78 Å². The molecule has 0 aliphatic carbocycles. The molecule has 0 aliphatic rings. The first kappa shape index (κ1) is 18.6. The summed E-state index contributed by atoms with van der Waals surface area (Å²) in [6.45, 7) is 4.99. The minimum Gasteiger partial charge on any atom is -0.348 e. The number of rotatable bonds is 5. The Morgan fingerprint density at radius 2 is 1.72 bits per heavy atom. The van der Waals surface area contributed by atoms with Crippen LogP contribution in [0.15, 0.2) is 42.5 Å². The molecule has 25 heavy (non-hydrogen) atoms. The Morgan fingerprint density at radius 3 is 2.36 bits per heavy atom. The number of carbonyl (C=O) groups excluding carboxylic acids is 2. The molecule has 2 rings (SSSR count). The first-order valence-corrected chi connectivity index (χ1v) is 7.91. The van der Waals surface area contributed by atoms with E-state index in [0.717, 1.165) is 17.7 Å². The summed E-state index contributed by atoms with van der Waals surface area (Å²) in [6.07, 6.45) is 0. The molecule has 0 saturated carbocycles. The zero-order chi connectivity index (χ0) is 18.6. The maximum atomic E-state index is 13.8. The summed E-state index contributed by atoms with van der Waals surface area (Å²) >= 11 is 0. The van der Waals surface area contributed by atoms with Crippen LogP contribution in [0.25, 0.3) is 0 Å². The van der Waals surface area contributed by atoms with Gasteiger partial charge < -0.3 is 10.6 Å². The van der Waals surface area contributed by atoms with Crippen LogP contribution in [0.3, 0.4) is 0 Å². The van der Waals surface area contributed by atoms with Crippen LogP contribution >= 0.6 is 0 Å². The van der Waals surface area contributed by atoms with Crippen LogP contribution in [0.2, 0.25) is 0 Å². The second-order valence-corrected chi connectivity index (χ2v) is 5.96. The minimum atomic E-state index is -0.807. The molecule has 2 atom stereocenters. The van der Waals surface area contributed by atoms with Crippen molar-refractivity contribution in [3.63, 3.8) is 0 Å². The molecule has 0 spiro atoms. The van der Waals surface area contributed by atoms with Crippen molar-refractivity contribution < 1.29 is 18.4 Å². The largest absolute Gasteiger partial charge is 0.348 e. The maximum Gasteiger partial charge on any atom is 0.251 e. The Labute approximate surface area is 145 Å². The highest BCUT2D eigenvalue weighted by molar-refractivity contribution is 5.97. The lowest BCUT2D eigenvalue weighted by molar-refractivity contribution is -0.123. The van der Waals surface area contributed by atoms with Gasteiger partial charge in [0.25, 0.3) is 5.91 Å². The van der Waals surface area contributed by atoms with Gasteiger partial charge in [-0.1, -0.05) is 23.8 Å². The Kier molecular flexibility index (Phi) is 5.85. The lowest BCUT2D eigenvalue weighted by Crippen LogP contribution is -2.45. The summed E-state index contributed by atoms with van der Waals surface area (Å²) in [5.41, 5.74) is 1.56. The zero-order valence-electron chi connectivity index (χ0n) is 14.3. The van der Waals surface area contributed by atoms with Gasteiger partial charge in [0.15, 0.2) is 0 Å². The number of benzene rings is 2. The quantitative estimate of drug-likeness (QED) is 0.873. The van der Waals surface area contributed by atoms with E-state index >= 15 is 0 Å². The van der Waals surface area contributed by atoms with Gasteiger partial charge >= 0.3 is 0 Å². The van der Waals surface area contributed by atoms with Crippen LogP contribution in [0.4, 0.5) is 8.78 Å². The van der Waals surface area contributed by atoms with Gasteiger partial charge in [0.2, 0.25) is 5.91 Å². The Bertz CT molecular complexity index is 793. The fourth-order valence-corrected chi connectivity index (χ4v) is 2.40. The predicted molar refractivity (Wildman–Crippen MR) is 91.0 cm³/mol. The van der Waals surface area contributed by atoms with E-state index in [1.807, 2.05) is 13.0 Å². The molecule has 2 aromatic rings. The summed E-state index contributed by atoms with van der Waals surface area (Å²) in [5.74, 6) is -2.24. The summed E-state index contributed by atoms with van der Waals surface area (Å²) < 4.78 is 26.7. The lowest BCUT2D eigenvalue weighted by Gasteiger charge is -2.19. The minimum absolute atomic E-state index is 0.173. The van der Waals surface area contributed by atoms with Crippen LogP contribution in [-0.2, 0) is 4.79 Å². The van der Waals surface area contributed by atoms with Crippen molar-refractivity contribution in [2.24, 2.45) is 0 Å². The molecule has 2 unspecified atom stereocenters. The fraction of sp³-hybridized carbons (Fsp3) is 0.263. The molecule has 2 amide bonds. The van der Waals surface area contributed by atoms with Gasteiger partial charge in [0, 0.05) is 17.2 Å². The molecule has 0 aliphatic heterocycles. The fourth-order valence-electron chi connectivity index (χ4n) is 2.40. The molecule has 0 heterocycles. The van der Waals surface area contributed by atoms with Gasteiger partial charge in [-0.3, -0.25) is 9.59 Å². The van der Waals surface area contributed by atoms with Crippen molar-refractivity contribution in [2.45, 2.75) is 32.9 Å². The molecule has 132 valence electrons. The average molecular weight is 346 g/mol. The Hall–Kier alpha value is -2.76. The van der Waals surface area contributed by atoms with Crippen LogP contribution < -0.4 is 10.6 Å². The van der Waals surface area contributed by atoms with Gasteiger partial charge in [-0.05, 0) is 39.0 Å². The summed E-state index contributed by atoms with van der Waals surface area (Å²) in [6, 6.07) is 8.71. The third-order valence-electron chi connectivity index (χ3n) is 3.81. The maximum absolute atomic E-state index is 13.8. The number of hydrogen-bond acceptors (Lipinski definition) is 2. The van der Waals surface area contributed by atoms with E-state index in [4.69, 9.17) is 0 Å². The van der Waals surface area contributed by atoms with Crippen molar-refractivity contribution in [1.82, 2.24) is 10.6 Å². The number of amides is 2. The SMILES string of the molecule is Cc1cccc(C(=O)NC(C)C(=O)NC(C)c2ccc(F)cc2F)c1. The Morgan fingerprint density at radius 1 is 1.00 bits per heavy atom. The molecule has 0 fully saturated rings. The van der Waals surface area contributed by atoms with Crippen LogP contribution in [-0.4, -0.2) is 17.9 Å². The second-order valence-electron chi connectivity index (χ2n) is 5.96. The van der Waals surface area contributed by atoms with Crippen molar-refractivity contribution >= 4 is 11.8 Å². The molecule has 0 radical (unpaired) electrons. The summed E-state index contributed by atoms with van der Waals surface area (Å²) in [5, 5.41) is 5.21. The summed E-state index contributed by atoms with van der Waals surface area (Å²) in [7, 11) is 0. The monoisotopic (exact) mass is 346 g/mol. The zero-order valence-corrected chi connectivity index (χ0v) is 14.3. The Balaban J connectivity index is 1.98. The number of halogens is 2. The van der Waals surface area contributed by atoms with Crippen LogP contribution in [0, 0.1) is 18.6 Å². The predicted octanol–water partition coefficient (Wildman–Crippen LogP) is 3.27. The lowest BCUT2D eigenvalue weighted by atomic mass is 10.1. The topological polar surface area (TPSA) is 58.2 Å². The van der Waals surface area contributed by atoms with E-state index in [0.29, 0.717) is 5.56 Å². The third-order valence-corrected chi connectivity index (χ3v) is 3.81. The number of hydrogen-bond donors (Lipinski definition) is 2. The normalized spacial score (nSPS) is 13.0. The highest BCUT2D eigenvalue weighted by atomic mass is 19.1. The van der Waals surface area contributed by atoms with Crippen molar-refractivity contribution in [2.75, 3.05) is 0 Å². The van der Waals surface area contributed by atoms with Crippen molar-refractivity contribution in [3.8, 4) is 0 Å². The van der Waals surface area contributed by atoms with Gasteiger partial charge in [0.05, 0.1) is 6.04 Å². The van der Waals surface area contributed by atoms with Gasteiger partial charge in [0.1, 0.15) is 17.7 Å². The first-order valence-electron chi connectivity index (χ1n) is 7.91. The second kappa shape index (κ2) is 7.88. The van der Waals surface area contributed by atoms with Crippen LogP contribution in [0.1, 0.15) is 41.4 Å². The van der Waals surface area contributed by atoms with Gasteiger partial charge in [-0.2, -0.15) is 0 Å². The molecule has 2 N–H and O–H groups in total. The van der Waals surface area contributed by atoms with Crippen molar-refractivity contribution in [3.05, 3.63) is 70.8 Å². The van der Waals surface area contributed by atoms with E-state index < -0.39 is 29.6 Å². The molecule has 0 bridgehead atoms. The number of nitrogens with one attached hydrogen (secondary N) is 2. The van der Waals surface area contributed by atoms with E-state index in [1.165, 1.54) is 13.0 Å². The third kappa shape index (κ3) is 4.86. The highest BCUT2D eigenvalue weighted by Crippen LogP contribution is 2.17. The molecule has 2 aromatic carbocycles. The number of aryl methyl sites for hydroxylation is 1. The average Bonchev–Trinajstić information content (AvgIpc) is 2.54. The smallest absolute Gasteiger partial charge is 0.251 e. The molecule has 4 nitrogen and oxygen atoms in total. The molecular weight excluding hydrogens is 326 g/mol. The number of carbonyl (C=O) groups is 2. The van der Waals surface area contributed by atoms with Gasteiger partial charge in [-0.15, -0.1) is 0 Å². The van der Waals surface area contributed by atoms with E-state index in [-0.39, 0.29) is 11.5 Å². The molecular formula is C19H20F2N2O2. The standard InChI is InChI=1S/C19H20F2N2O2/c1-11-5-4-6-14(9-11)19(25)23-13(3)18(24)22-12(2)16-8-7-15(20)10-17(16)21/h4-10,12-13H,1-3H3,(H,22,24)(H,23,25). The van der Waals surface area contributed by atoms with E-state index in [9.17, 15) is 18.4 Å². The molecule has 0 saturated heterocycles.